The molecule has 0 saturated carbocycles. The zero-order valence-electron chi connectivity index (χ0n) is 12.9. The van der Waals surface area contributed by atoms with Crippen LogP contribution in [-0.4, -0.2) is 29.7 Å². The minimum Gasteiger partial charge on any atom is -0.481 e. The van der Waals surface area contributed by atoms with Crippen LogP contribution in [-0.2, 0) is 15.1 Å². The molecule has 2 rings (SSSR count). The molecule has 0 bridgehead atoms. The highest BCUT2D eigenvalue weighted by Gasteiger charge is 2.49. The van der Waals surface area contributed by atoms with Crippen LogP contribution >= 0.6 is 11.8 Å². The average Bonchev–Trinajstić information content (AvgIpc) is 2.59. The molecule has 0 amide bonds. The Morgan fingerprint density at radius 1 is 1.12 bits per heavy atom. The van der Waals surface area contributed by atoms with Gasteiger partial charge >= 0.3 is 5.97 Å². The molecular weight excluding hydrogens is 367 g/mol. The van der Waals surface area contributed by atoms with Gasteiger partial charge in [-0.1, -0.05) is 18.2 Å². The summed E-state index contributed by atoms with van der Waals surface area (Å²) in [5.41, 5.74) is -3.68. The number of hydrogen-bond acceptors (Lipinski definition) is 3. The van der Waals surface area contributed by atoms with Gasteiger partial charge in [-0.15, -0.1) is 0 Å². The number of hydrogen-bond donors (Lipinski definition) is 1. The van der Waals surface area contributed by atoms with E-state index < -0.39 is 52.1 Å². The summed E-state index contributed by atoms with van der Waals surface area (Å²) in [6.45, 7) is -0.164. The molecule has 0 spiro atoms. The first-order chi connectivity index (χ1) is 11.8. The Morgan fingerprint density at radius 2 is 1.68 bits per heavy atom. The maximum absolute atomic E-state index is 14.3. The fourth-order valence-electron chi connectivity index (χ4n) is 2.58. The van der Waals surface area contributed by atoms with Crippen LogP contribution in [0.25, 0.3) is 0 Å². The molecule has 2 atom stereocenters. The quantitative estimate of drug-likeness (QED) is 0.353. The van der Waals surface area contributed by atoms with Gasteiger partial charge in [-0.05, 0) is 12.3 Å². The van der Waals surface area contributed by atoms with Crippen LogP contribution in [0.1, 0.15) is 5.56 Å². The van der Waals surface area contributed by atoms with Crippen molar-refractivity contribution in [2.24, 2.45) is 5.92 Å². The van der Waals surface area contributed by atoms with Gasteiger partial charge in [0.25, 0.3) is 0 Å². The summed E-state index contributed by atoms with van der Waals surface area (Å²) in [6, 6.07) is 0. The van der Waals surface area contributed by atoms with Crippen LogP contribution in [0.2, 0.25) is 0 Å². The zero-order valence-corrected chi connectivity index (χ0v) is 13.7. The molecule has 0 aromatic heterocycles. The summed E-state index contributed by atoms with van der Waals surface area (Å²) in [7, 11) is 0. The second kappa shape index (κ2) is 7.57. The van der Waals surface area contributed by atoms with Crippen LogP contribution in [0.5, 0.6) is 0 Å². The van der Waals surface area contributed by atoms with E-state index in [9.17, 15) is 31.9 Å². The van der Waals surface area contributed by atoms with Gasteiger partial charge in [0, 0.05) is 5.75 Å². The van der Waals surface area contributed by atoms with Gasteiger partial charge in [0.15, 0.2) is 23.3 Å². The first-order valence-electron chi connectivity index (χ1n) is 7.01. The lowest BCUT2D eigenvalue weighted by Gasteiger charge is -2.37. The number of carbonyl (C=O) groups is 1. The van der Waals surface area contributed by atoms with E-state index in [0.717, 1.165) is 12.2 Å². The average molecular weight is 380 g/mol. The molecule has 25 heavy (non-hydrogen) atoms. The van der Waals surface area contributed by atoms with Crippen molar-refractivity contribution in [2.75, 3.05) is 18.6 Å². The number of thioether (sulfide) groups is 1. The molecule has 1 aliphatic rings. The lowest BCUT2D eigenvalue weighted by molar-refractivity contribution is -0.150. The molecule has 1 aromatic rings. The second-order valence-electron chi connectivity index (χ2n) is 5.14. The second-order valence-corrected chi connectivity index (χ2v) is 6.12. The SMILES string of the molecule is CSCCOC1(c2c(F)c(F)c(F)c(F)c2F)C=CC=CC1C(=O)O. The van der Waals surface area contributed by atoms with Crippen LogP contribution < -0.4 is 0 Å². The number of aliphatic carboxylic acids is 1. The van der Waals surface area contributed by atoms with Crippen LogP contribution in [0.15, 0.2) is 24.3 Å². The number of halogens is 5. The first kappa shape index (κ1) is 19.5. The summed E-state index contributed by atoms with van der Waals surface area (Å²) in [5, 5.41) is 9.39. The molecule has 0 radical (unpaired) electrons. The van der Waals surface area contributed by atoms with Crippen molar-refractivity contribution < 1.29 is 36.6 Å². The van der Waals surface area contributed by atoms with E-state index in [1.807, 2.05) is 0 Å². The first-order valence-corrected chi connectivity index (χ1v) is 8.41. The molecular formula is C16H13F5O3S. The minimum atomic E-state index is -2.36. The van der Waals surface area contributed by atoms with E-state index in [-0.39, 0.29) is 6.61 Å². The largest absolute Gasteiger partial charge is 0.481 e. The molecule has 9 heteroatoms. The zero-order chi connectivity index (χ0) is 18.8. The Hall–Kier alpha value is -1.87. The highest BCUT2D eigenvalue weighted by atomic mass is 32.2. The van der Waals surface area contributed by atoms with Gasteiger partial charge in [0.05, 0.1) is 12.2 Å². The Morgan fingerprint density at radius 3 is 2.20 bits per heavy atom. The Balaban J connectivity index is 2.75. The number of carboxylic acid groups (broad SMARTS) is 1. The molecule has 0 saturated heterocycles. The van der Waals surface area contributed by atoms with Gasteiger partial charge in [0.2, 0.25) is 5.82 Å². The van der Waals surface area contributed by atoms with Crippen molar-refractivity contribution in [3.63, 3.8) is 0 Å². The van der Waals surface area contributed by atoms with Gasteiger partial charge in [-0.2, -0.15) is 11.8 Å². The fraction of sp³-hybridized carbons (Fsp3) is 0.312. The third-order valence-electron chi connectivity index (χ3n) is 3.72. The van der Waals surface area contributed by atoms with E-state index in [0.29, 0.717) is 5.75 Å². The van der Waals surface area contributed by atoms with E-state index >= 15 is 0 Å². The number of carboxylic acids is 1. The van der Waals surface area contributed by atoms with Gasteiger partial charge in [-0.3, -0.25) is 4.79 Å². The molecule has 0 aliphatic heterocycles. The third-order valence-corrected chi connectivity index (χ3v) is 4.29. The summed E-state index contributed by atoms with van der Waals surface area (Å²) in [4.78, 5) is 11.6. The summed E-state index contributed by atoms with van der Waals surface area (Å²) >= 11 is 1.30. The predicted molar refractivity (Wildman–Crippen MR) is 81.6 cm³/mol. The highest BCUT2D eigenvalue weighted by molar-refractivity contribution is 7.98. The predicted octanol–water partition coefficient (Wildman–Crippen LogP) is 3.78. The van der Waals surface area contributed by atoms with Crippen molar-refractivity contribution in [3.05, 3.63) is 59.0 Å². The minimum absolute atomic E-state index is 0.164. The smallest absolute Gasteiger partial charge is 0.314 e. The lowest BCUT2D eigenvalue weighted by Crippen LogP contribution is -2.43. The van der Waals surface area contributed by atoms with E-state index in [2.05, 4.69) is 0 Å². The van der Waals surface area contributed by atoms with Crippen molar-refractivity contribution in [2.45, 2.75) is 5.60 Å². The molecule has 136 valence electrons. The molecule has 1 N–H and O–H groups in total. The Kier molecular flexibility index (Phi) is 5.89. The standard InChI is InChI=1S/C16H13F5O3S/c1-25-7-6-24-16(5-3-2-4-8(16)15(22)23)9-10(17)12(19)14(21)13(20)11(9)18/h2-5,8H,6-7H2,1H3,(H,22,23). The van der Waals surface area contributed by atoms with Gasteiger partial charge in [-0.25, -0.2) is 22.0 Å². The monoisotopic (exact) mass is 380 g/mol. The topological polar surface area (TPSA) is 46.5 Å². The Bertz CT molecular complexity index is 721. The summed E-state index contributed by atoms with van der Waals surface area (Å²) < 4.78 is 74.6. The number of allylic oxidation sites excluding steroid dienone is 2. The number of benzene rings is 1. The van der Waals surface area contributed by atoms with Crippen molar-refractivity contribution in [1.29, 1.82) is 0 Å². The molecule has 2 unspecified atom stereocenters. The number of ether oxygens (including phenoxy) is 1. The van der Waals surface area contributed by atoms with E-state index in [1.54, 1.807) is 6.26 Å². The van der Waals surface area contributed by atoms with E-state index in [1.165, 1.54) is 23.9 Å². The maximum Gasteiger partial charge on any atom is 0.314 e. The molecule has 0 fully saturated rings. The molecule has 1 aliphatic carbocycles. The fourth-order valence-corrected chi connectivity index (χ4v) is 2.83. The van der Waals surface area contributed by atoms with Crippen molar-refractivity contribution >= 4 is 17.7 Å². The maximum atomic E-state index is 14.3. The Labute approximate surface area is 144 Å². The molecule has 0 heterocycles. The van der Waals surface area contributed by atoms with Gasteiger partial charge in [0.1, 0.15) is 11.5 Å². The normalized spacial score (nSPS) is 22.4. The van der Waals surface area contributed by atoms with Crippen LogP contribution in [0.3, 0.4) is 0 Å². The third kappa shape index (κ3) is 3.30. The molecule has 1 aromatic carbocycles. The van der Waals surface area contributed by atoms with E-state index in [4.69, 9.17) is 4.74 Å². The molecule has 3 nitrogen and oxygen atoms in total. The summed E-state index contributed by atoms with van der Waals surface area (Å²) in [6.07, 6.45) is 6.29. The highest BCUT2D eigenvalue weighted by Crippen LogP contribution is 2.43. The van der Waals surface area contributed by atoms with Crippen LogP contribution in [0.4, 0.5) is 22.0 Å². The van der Waals surface area contributed by atoms with Gasteiger partial charge < -0.3 is 9.84 Å². The van der Waals surface area contributed by atoms with Crippen molar-refractivity contribution in [3.8, 4) is 0 Å². The lowest BCUT2D eigenvalue weighted by atomic mass is 9.77. The van der Waals surface area contributed by atoms with Crippen LogP contribution in [0, 0.1) is 35.0 Å². The number of rotatable bonds is 6. The van der Waals surface area contributed by atoms with Crippen molar-refractivity contribution in [1.82, 2.24) is 0 Å². The summed E-state index contributed by atoms with van der Waals surface area (Å²) in [5.74, 6) is -13.8.